The second-order valence-corrected chi connectivity index (χ2v) is 5.90. The van der Waals surface area contributed by atoms with Gasteiger partial charge in [-0.15, -0.1) is 11.3 Å². The van der Waals surface area contributed by atoms with Gasteiger partial charge in [-0.05, 0) is 37.3 Å². The van der Waals surface area contributed by atoms with Gasteiger partial charge in [0.1, 0.15) is 0 Å². The molecule has 0 unspecified atom stereocenters. The predicted molar refractivity (Wildman–Crippen MR) is 72.1 cm³/mol. The van der Waals surface area contributed by atoms with Gasteiger partial charge in [-0.25, -0.2) is 0 Å². The van der Waals surface area contributed by atoms with Crippen LogP contribution in [0.4, 0.5) is 5.69 Å². The van der Waals surface area contributed by atoms with Crippen molar-refractivity contribution in [2.45, 2.75) is 19.3 Å². The summed E-state index contributed by atoms with van der Waals surface area (Å²) >= 11 is 1.61. The van der Waals surface area contributed by atoms with Gasteiger partial charge < -0.3 is 4.90 Å². The van der Waals surface area contributed by atoms with Crippen LogP contribution in [-0.4, -0.2) is 23.2 Å². The van der Waals surface area contributed by atoms with Gasteiger partial charge in [-0.3, -0.25) is 9.89 Å². The van der Waals surface area contributed by atoms with Crippen LogP contribution in [0.5, 0.6) is 0 Å². The average molecular weight is 261 g/mol. The first-order valence-corrected chi connectivity index (χ1v) is 6.91. The Labute approximate surface area is 110 Å². The molecule has 2 heterocycles. The highest BCUT2D eigenvalue weighted by Gasteiger charge is 2.23. The molecule has 5 heteroatoms. The van der Waals surface area contributed by atoms with Crippen LogP contribution < -0.4 is 4.90 Å². The first-order valence-electron chi connectivity index (χ1n) is 6.09. The normalized spacial score (nSPS) is 14.7. The first kappa shape index (κ1) is 11.5. The van der Waals surface area contributed by atoms with Crippen LogP contribution in [0, 0.1) is 5.92 Å². The molecule has 0 radical (unpaired) electrons. The van der Waals surface area contributed by atoms with Crippen molar-refractivity contribution >= 4 is 22.9 Å². The number of aromatic nitrogens is 2. The lowest BCUT2D eigenvalue weighted by molar-refractivity contribution is 0.0997. The summed E-state index contributed by atoms with van der Waals surface area (Å²) in [5.41, 5.74) is 0.789. The number of rotatable bonds is 4. The maximum atomic E-state index is 12.3. The Bertz CT molecular complexity index is 542. The fraction of sp³-hybridized carbons (Fsp3) is 0.385. The summed E-state index contributed by atoms with van der Waals surface area (Å²) in [6.07, 6.45) is 7.19. The number of carbonyl (C=O) groups is 1. The van der Waals surface area contributed by atoms with E-state index in [1.165, 1.54) is 17.7 Å². The number of thiophene rings is 1. The zero-order valence-corrected chi connectivity index (χ0v) is 11.0. The lowest BCUT2D eigenvalue weighted by Crippen LogP contribution is -2.24. The molecule has 94 valence electrons. The predicted octanol–water partition coefficient (Wildman–Crippen LogP) is 2.70. The van der Waals surface area contributed by atoms with Gasteiger partial charge in [0.2, 0.25) is 0 Å². The molecular formula is C13H15N3OS. The number of carbonyl (C=O) groups excluding carboxylic acids is 1. The van der Waals surface area contributed by atoms with Crippen molar-refractivity contribution in [3.63, 3.8) is 0 Å². The van der Waals surface area contributed by atoms with Crippen molar-refractivity contribution in [1.82, 2.24) is 10.2 Å². The molecule has 0 aliphatic heterocycles. The summed E-state index contributed by atoms with van der Waals surface area (Å²) < 4.78 is 0. The number of H-pyrrole nitrogens is 1. The van der Waals surface area contributed by atoms with E-state index in [1.54, 1.807) is 35.7 Å². The second-order valence-electron chi connectivity index (χ2n) is 4.73. The number of amides is 1. The summed E-state index contributed by atoms with van der Waals surface area (Å²) in [6.45, 7) is 0. The Morgan fingerprint density at radius 3 is 3.06 bits per heavy atom. The van der Waals surface area contributed by atoms with Crippen molar-refractivity contribution in [2.24, 2.45) is 5.92 Å². The van der Waals surface area contributed by atoms with Crippen molar-refractivity contribution in [3.05, 3.63) is 34.3 Å². The molecule has 4 nitrogen and oxygen atoms in total. The lowest BCUT2D eigenvalue weighted by atomic mass is 10.2. The number of anilines is 1. The zero-order valence-electron chi connectivity index (χ0n) is 10.2. The van der Waals surface area contributed by atoms with Gasteiger partial charge in [0, 0.05) is 18.1 Å². The van der Waals surface area contributed by atoms with Crippen LogP contribution in [0.2, 0.25) is 0 Å². The molecule has 0 saturated heterocycles. The van der Waals surface area contributed by atoms with E-state index < -0.39 is 0 Å². The number of aromatic amines is 1. The molecule has 1 N–H and O–H groups in total. The molecule has 3 rings (SSSR count). The molecule has 2 aromatic rings. The van der Waals surface area contributed by atoms with Gasteiger partial charge >= 0.3 is 0 Å². The van der Waals surface area contributed by atoms with E-state index in [9.17, 15) is 4.79 Å². The molecular weight excluding hydrogens is 246 g/mol. The fourth-order valence-corrected chi connectivity index (χ4v) is 3.02. The van der Waals surface area contributed by atoms with Gasteiger partial charge in [-0.2, -0.15) is 5.10 Å². The SMILES string of the molecule is CN(C(=O)c1ccc(CC2CC2)s1)c1cn[nH]c1. The van der Waals surface area contributed by atoms with Crippen molar-refractivity contribution in [2.75, 3.05) is 11.9 Å². The molecule has 18 heavy (non-hydrogen) atoms. The van der Waals surface area contributed by atoms with Gasteiger partial charge in [0.15, 0.2) is 0 Å². The summed E-state index contributed by atoms with van der Waals surface area (Å²) in [5, 5.41) is 6.57. The third-order valence-corrected chi connectivity index (χ3v) is 4.33. The molecule has 1 amide bonds. The van der Waals surface area contributed by atoms with Crippen LogP contribution in [0.25, 0.3) is 0 Å². The minimum Gasteiger partial charge on any atom is -0.308 e. The third kappa shape index (κ3) is 2.31. The van der Waals surface area contributed by atoms with Crippen LogP contribution in [0.1, 0.15) is 27.4 Å². The summed E-state index contributed by atoms with van der Waals surface area (Å²) in [4.78, 5) is 16.0. The molecule has 1 fully saturated rings. The highest BCUT2D eigenvalue weighted by Crippen LogP contribution is 2.34. The molecule has 1 saturated carbocycles. The Hall–Kier alpha value is -1.62. The zero-order chi connectivity index (χ0) is 12.5. The Morgan fingerprint density at radius 1 is 1.56 bits per heavy atom. The van der Waals surface area contributed by atoms with Gasteiger partial charge in [-0.1, -0.05) is 0 Å². The first-order chi connectivity index (χ1) is 8.74. The van der Waals surface area contributed by atoms with Crippen molar-refractivity contribution < 1.29 is 4.79 Å². The highest BCUT2D eigenvalue weighted by molar-refractivity contribution is 7.14. The van der Waals surface area contributed by atoms with E-state index in [4.69, 9.17) is 0 Å². The fourth-order valence-electron chi connectivity index (χ4n) is 1.92. The highest BCUT2D eigenvalue weighted by atomic mass is 32.1. The summed E-state index contributed by atoms with van der Waals surface area (Å²) in [5.74, 6) is 0.890. The number of nitrogens with one attached hydrogen (secondary N) is 1. The molecule has 1 aliphatic carbocycles. The van der Waals surface area contributed by atoms with E-state index in [0.29, 0.717) is 0 Å². The van der Waals surface area contributed by atoms with Crippen LogP contribution in [-0.2, 0) is 6.42 Å². The maximum absolute atomic E-state index is 12.3. The molecule has 1 aliphatic rings. The van der Waals surface area contributed by atoms with Crippen molar-refractivity contribution in [3.8, 4) is 0 Å². The minimum atomic E-state index is 0.0310. The third-order valence-electron chi connectivity index (χ3n) is 3.23. The van der Waals surface area contributed by atoms with Crippen LogP contribution in [0.3, 0.4) is 0 Å². The smallest absolute Gasteiger partial charge is 0.268 e. The number of nitrogens with zero attached hydrogens (tertiary/aromatic N) is 2. The van der Waals surface area contributed by atoms with Crippen LogP contribution >= 0.6 is 11.3 Å². The second kappa shape index (κ2) is 4.57. The Morgan fingerprint density at radius 2 is 2.39 bits per heavy atom. The molecule has 0 spiro atoms. The quantitative estimate of drug-likeness (QED) is 0.920. The Balaban J connectivity index is 1.73. The minimum absolute atomic E-state index is 0.0310. The largest absolute Gasteiger partial charge is 0.308 e. The monoisotopic (exact) mass is 261 g/mol. The van der Waals surface area contributed by atoms with E-state index in [-0.39, 0.29) is 5.91 Å². The summed E-state index contributed by atoms with van der Waals surface area (Å²) in [6, 6.07) is 4.01. The standard InChI is InChI=1S/C13H15N3OS/c1-16(10-7-14-15-8-10)13(17)12-5-4-11(18-12)6-9-2-3-9/h4-5,7-9H,2-3,6H2,1H3,(H,14,15). The Kier molecular flexibility index (Phi) is 2.91. The molecule has 0 atom stereocenters. The number of hydrogen-bond acceptors (Lipinski definition) is 3. The van der Waals surface area contributed by atoms with E-state index >= 15 is 0 Å². The average Bonchev–Trinajstić information content (AvgIpc) is 2.85. The molecule has 0 bridgehead atoms. The van der Waals surface area contributed by atoms with E-state index in [0.717, 1.165) is 22.9 Å². The number of hydrogen-bond donors (Lipinski definition) is 1. The van der Waals surface area contributed by atoms with Gasteiger partial charge in [0.05, 0.1) is 16.8 Å². The van der Waals surface area contributed by atoms with Gasteiger partial charge in [0.25, 0.3) is 5.91 Å². The molecule has 2 aromatic heterocycles. The van der Waals surface area contributed by atoms with E-state index in [2.05, 4.69) is 16.3 Å². The topological polar surface area (TPSA) is 49.0 Å². The lowest BCUT2D eigenvalue weighted by Gasteiger charge is -2.13. The maximum Gasteiger partial charge on any atom is 0.268 e. The van der Waals surface area contributed by atoms with Crippen molar-refractivity contribution in [1.29, 1.82) is 0 Å². The molecule has 0 aromatic carbocycles. The van der Waals surface area contributed by atoms with Crippen LogP contribution in [0.15, 0.2) is 24.5 Å². The summed E-state index contributed by atoms with van der Waals surface area (Å²) in [7, 11) is 1.77. The van der Waals surface area contributed by atoms with E-state index in [1.807, 2.05) is 6.07 Å².